The molecule has 6 nitrogen and oxygen atoms in total. The number of benzene rings is 1. The van der Waals surface area contributed by atoms with Crippen molar-refractivity contribution in [1.82, 2.24) is 14.5 Å². The minimum absolute atomic E-state index is 0.0607. The van der Waals surface area contributed by atoms with E-state index in [-0.39, 0.29) is 29.5 Å². The lowest BCUT2D eigenvalue weighted by atomic mass is 10.3. The van der Waals surface area contributed by atoms with E-state index < -0.39 is 0 Å². The van der Waals surface area contributed by atoms with Gasteiger partial charge in [0.05, 0.1) is 6.54 Å². The molecular weight excluding hydrogens is 333 g/mol. The number of nitrogens with zero attached hydrogens (tertiary/aromatic N) is 3. The van der Waals surface area contributed by atoms with Crippen LogP contribution in [0.2, 0.25) is 0 Å². The number of halogens is 1. The molecule has 0 unspecified atom stereocenters. The number of rotatable bonds is 5. The number of aromatic nitrogens is 2. The third kappa shape index (κ3) is 3.43. The van der Waals surface area contributed by atoms with Crippen LogP contribution in [0.5, 0.6) is 5.75 Å². The highest BCUT2D eigenvalue weighted by molar-refractivity contribution is 7.99. The maximum absolute atomic E-state index is 12.8. The van der Waals surface area contributed by atoms with Crippen molar-refractivity contribution in [3.8, 4) is 5.75 Å². The molecule has 24 heavy (non-hydrogen) atoms. The number of carbonyl (C=O) groups is 1. The van der Waals surface area contributed by atoms with Crippen LogP contribution in [-0.2, 0) is 6.54 Å². The van der Waals surface area contributed by atoms with Gasteiger partial charge in [0, 0.05) is 25.5 Å². The highest BCUT2D eigenvalue weighted by atomic mass is 32.2. The predicted molar refractivity (Wildman–Crippen MR) is 88.1 cm³/mol. The number of fused-ring (bicyclic) bond motifs is 1. The van der Waals surface area contributed by atoms with E-state index in [4.69, 9.17) is 4.74 Å². The van der Waals surface area contributed by atoms with Gasteiger partial charge in [-0.15, -0.1) is 0 Å². The fourth-order valence-electron chi connectivity index (χ4n) is 2.30. The number of amides is 1. The number of thioether (sulfide) groups is 1. The summed E-state index contributed by atoms with van der Waals surface area (Å²) in [5.41, 5.74) is -0.244. The fraction of sp³-hybridized carbons (Fsp3) is 0.312. The molecule has 2 heterocycles. The standard InChI is InChI=1S/C16H16FN3O3S/c1-19(6-8-23-12-4-2-11(17)3-5-12)14(21)13-10-18-16-20(15(13)22)7-9-24-16/h2-5,10H,6-9H2,1H3. The molecule has 0 N–H and O–H groups in total. The Morgan fingerprint density at radius 1 is 1.42 bits per heavy atom. The zero-order valence-electron chi connectivity index (χ0n) is 13.1. The minimum Gasteiger partial charge on any atom is -0.492 e. The highest BCUT2D eigenvalue weighted by Crippen LogP contribution is 2.20. The van der Waals surface area contributed by atoms with Crippen molar-refractivity contribution < 1.29 is 13.9 Å². The molecule has 3 rings (SSSR count). The average Bonchev–Trinajstić information content (AvgIpc) is 3.06. The lowest BCUT2D eigenvalue weighted by Gasteiger charge is -2.17. The maximum atomic E-state index is 12.8. The average molecular weight is 349 g/mol. The van der Waals surface area contributed by atoms with E-state index in [0.717, 1.165) is 5.75 Å². The van der Waals surface area contributed by atoms with E-state index in [2.05, 4.69) is 4.98 Å². The number of ether oxygens (including phenoxy) is 1. The van der Waals surface area contributed by atoms with Crippen LogP contribution in [0.3, 0.4) is 0 Å². The van der Waals surface area contributed by atoms with E-state index in [1.54, 1.807) is 7.05 Å². The molecule has 1 aliphatic heterocycles. The van der Waals surface area contributed by atoms with Gasteiger partial charge in [-0.05, 0) is 24.3 Å². The molecule has 0 fully saturated rings. The molecule has 0 bridgehead atoms. The van der Waals surface area contributed by atoms with Gasteiger partial charge in [-0.25, -0.2) is 9.37 Å². The number of hydrogen-bond donors (Lipinski definition) is 0. The number of carbonyl (C=O) groups excluding carboxylic acids is 1. The van der Waals surface area contributed by atoms with Crippen molar-refractivity contribution in [2.24, 2.45) is 0 Å². The molecule has 1 aromatic heterocycles. The summed E-state index contributed by atoms with van der Waals surface area (Å²) in [5.74, 6) is 0.592. The molecule has 0 aliphatic carbocycles. The molecule has 8 heteroatoms. The molecule has 2 aromatic rings. The summed E-state index contributed by atoms with van der Waals surface area (Å²) >= 11 is 1.50. The Kier molecular flexibility index (Phi) is 4.84. The first-order valence-corrected chi connectivity index (χ1v) is 8.41. The highest BCUT2D eigenvalue weighted by Gasteiger charge is 2.22. The molecule has 0 radical (unpaired) electrons. The summed E-state index contributed by atoms with van der Waals surface area (Å²) in [7, 11) is 1.60. The summed E-state index contributed by atoms with van der Waals surface area (Å²) in [5, 5.41) is 0.652. The van der Waals surface area contributed by atoms with Crippen LogP contribution in [0, 0.1) is 5.82 Å². The Morgan fingerprint density at radius 2 is 2.17 bits per heavy atom. The second-order valence-corrected chi connectivity index (χ2v) is 6.35. The largest absolute Gasteiger partial charge is 0.492 e. The molecule has 0 saturated carbocycles. The lowest BCUT2D eigenvalue weighted by molar-refractivity contribution is 0.0770. The minimum atomic E-state index is -0.387. The zero-order chi connectivity index (χ0) is 17.1. The molecule has 0 atom stereocenters. The van der Waals surface area contributed by atoms with Crippen LogP contribution in [0.4, 0.5) is 4.39 Å². The van der Waals surface area contributed by atoms with E-state index in [1.807, 2.05) is 0 Å². The molecule has 0 saturated heterocycles. The topological polar surface area (TPSA) is 64.4 Å². The van der Waals surface area contributed by atoms with Crippen LogP contribution in [0.15, 0.2) is 40.4 Å². The Labute approximate surface area is 142 Å². The Balaban J connectivity index is 1.61. The van der Waals surface area contributed by atoms with Gasteiger partial charge in [0.15, 0.2) is 5.16 Å². The van der Waals surface area contributed by atoms with Crippen molar-refractivity contribution >= 4 is 17.7 Å². The normalized spacial score (nSPS) is 12.8. The first-order valence-electron chi connectivity index (χ1n) is 7.43. The molecule has 1 aliphatic rings. The second kappa shape index (κ2) is 7.04. The first-order chi connectivity index (χ1) is 11.6. The van der Waals surface area contributed by atoms with Crippen LogP contribution >= 0.6 is 11.8 Å². The summed E-state index contributed by atoms with van der Waals surface area (Å²) in [6.45, 7) is 1.11. The maximum Gasteiger partial charge on any atom is 0.267 e. The van der Waals surface area contributed by atoms with E-state index in [0.29, 0.717) is 24.0 Å². The summed E-state index contributed by atoms with van der Waals surface area (Å²) in [6.07, 6.45) is 1.34. The van der Waals surface area contributed by atoms with Crippen molar-refractivity contribution in [3.63, 3.8) is 0 Å². The quantitative estimate of drug-likeness (QED) is 0.768. The summed E-state index contributed by atoms with van der Waals surface area (Å²) in [4.78, 5) is 30.3. The van der Waals surface area contributed by atoms with Gasteiger partial charge in [0.1, 0.15) is 23.7 Å². The fourth-order valence-corrected chi connectivity index (χ4v) is 3.22. The Morgan fingerprint density at radius 3 is 2.92 bits per heavy atom. The van der Waals surface area contributed by atoms with E-state index in [1.165, 1.54) is 51.7 Å². The predicted octanol–water partition coefficient (Wildman–Crippen LogP) is 1.64. The second-order valence-electron chi connectivity index (χ2n) is 5.29. The van der Waals surface area contributed by atoms with Crippen LogP contribution in [-0.4, -0.2) is 46.3 Å². The SMILES string of the molecule is CN(CCOc1ccc(F)cc1)C(=O)c1cnc2n(c1=O)CCS2. The molecule has 1 aromatic carbocycles. The molecule has 0 spiro atoms. The Bertz CT molecular complexity index is 807. The van der Waals surface area contributed by atoms with Crippen molar-refractivity contribution in [2.45, 2.75) is 11.7 Å². The van der Waals surface area contributed by atoms with Crippen molar-refractivity contribution in [3.05, 3.63) is 52.2 Å². The van der Waals surface area contributed by atoms with Gasteiger partial charge >= 0.3 is 0 Å². The van der Waals surface area contributed by atoms with E-state index in [9.17, 15) is 14.0 Å². The Hall–Kier alpha value is -2.35. The van der Waals surface area contributed by atoms with Crippen LogP contribution in [0.25, 0.3) is 0 Å². The van der Waals surface area contributed by atoms with Gasteiger partial charge in [-0.3, -0.25) is 14.2 Å². The summed E-state index contributed by atoms with van der Waals surface area (Å²) in [6, 6.07) is 5.65. The smallest absolute Gasteiger partial charge is 0.267 e. The van der Waals surface area contributed by atoms with Crippen molar-refractivity contribution in [1.29, 1.82) is 0 Å². The van der Waals surface area contributed by atoms with Gasteiger partial charge in [0.25, 0.3) is 11.5 Å². The van der Waals surface area contributed by atoms with Gasteiger partial charge in [-0.2, -0.15) is 0 Å². The van der Waals surface area contributed by atoms with Gasteiger partial charge in [-0.1, -0.05) is 11.8 Å². The first kappa shape index (κ1) is 16.5. The third-order valence-corrected chi connectivity index (χ3v) is 4.61. The van der Waals surface area contributed by atoms with Crippen molar-refractivity contribution in [2.75, 3.05) is 26.0 Å². The third-order valence-electron chi connectivity index (χ3n) is 3.64. The summed E-state index contributed by atoms with van der Waals surface area (Å²) < 4.78 is 19.8. The van der Waals surface area contributed by atoms with Gasteiger partial charge in [0.2, 0.25) is 0 Å². The zero-order valence-corrected chi connectivity index (χ0v) is 13.9. The molecule has 1 amide bonds. The van der Waals surface area contributed by atoms with Crippen LogP contribution < -0.4 is 10.3 Å². The molecular formula is C16H16FN3O3S. The number of likely N-dealkylation sites (N-methyl/N-ethyl adjacent to an activating group) is 1. The molecule has 126 valence electrons. The number of hydrogen-bond acceptors (Lipinski definition) is 5. The monoisotopic (exact) mass is 349 g/mol. The van der Waals surface area contributed by atoms with Gasteiger partial charge < -0.3 is 9.64 Å². The van der Waals surface area contributed by atoms with Crippen LogP contribution in [0.1, 0.15) is 10.4 Å². The lowest BCUT2D eigenvalue weighted by Crippen LogP contribution is -2.36. The van der Waals surface area contributed by atoms with E-state index >= 15 is 0 Å².